The first-order valence-corrected chi connectivity index (χ1v) is 10.6. The van der Waals surface area contributed by atoms with E-state index in [1.54, 1.807) is 61.1 Å². The topological polar surface area (TPSA) is 85.1 Å². The molecule has 1 aromatic heterocycles. The quantitative estimate of drug-likeness (QED) is 0.455. The third kappa shape index (κ3) is 4.44. The van der Waals surface area contributed by atoms with Crippen molar-refractivity contribution in [1.29, 1.82) is 0 Å². The third-order valence-electron chi connectivity index (χ3n) is 5.29. The molecule has 0 saturated carbocycles. The summed E-state index contributed by atoms with van der Waals surface area (Å²) in [6, 6.07) is 22.3. The van der Waals surface area contributed by atoms with Crippen molar-refractivity contribution in [3.05, 3.63) is 111 Å². The van der Waals surface area contributed by atoms with Crippen LogP contribution in [-0.2, 0) is 7.05 Å². The number of nitrogens with one attached hydrogen (secondary N) is 2. The number of carbonyl (C=O) groups is 2. The van der Waals surface area contributed by atoms with Crippen LogP contribution in [0.2, 0.25) is 5.02 Å². The number of aromatic nitrogens is 2. The van der Waals surface area contributed by atoms with Gasteiger partial charge in [-0.1, -0.05) is 48.0 Å². The summed E-state index contributed by atoms with van der Waals surface area (Å²) in [6.45, 7) is 1.76. The Morgan fingerprint density at radius 1 is 0.848 bits per heavy atom. The van der Waals surface area contributed by atoms with Gasteiger partial charge in [0.25, 0.3) is 17.4 Å². The SMILES string of the molecule is Cc1c(NC(=O)c2cccc(NC(=O)c3ccccc3Cl)c2)c(=O)n(-c2ccccc2)n1C. The van der Waals surface area contributed by atoms with E-state index in [1.807, 2.05) is 30.3 Å². The molecule has 4 aromatic rings. The second kappa shape index (κ2) is 9.18. The summed E-state index contributed by atoms with van der Waals surface area (Å²) in [7, 11) is 1.75. The molecule has 0 fully saturated rings. The maximum Gasteiger partial charge on any atom is 0.295 e. The molecule has 0 aliphatic heterocycles. The first-order chi connectivity index (χ1) is 15.9. The molecule has 0 atom stereocenters. The van der Waals surface area contributed by atoms with Gasteiger partial charge in [0.05, 0.1) is 22.0 Å². The maximum absolute atomic E-state index is 13.0. The molecule has 3 aromatic carbocycles. The molecule has 0 bridgehead atoms. The van der Waals surface area contributed by atoms with Gasteiger partial charge in [-0.3, -0.25) is 19.1 Å². The van der Waals surface area contributed by atoms with Crippen molar-refractivity contribution in [2.75, 3.05) is 10.6 Å². The molecule has 166 valence electrons. The molecule has 0 spiro atoms. The van der Waals surface area contributed by atoms with Gasteiger partial charge in [-0.25, -0.2) is 4.68 Å². The third-order valence-corrected chi connectivity index (χ3v) is 5.62. The summed E-state index contributed by atoms with van der Waals surface area (Å²) in [5.74, 6) is -0.849. The van der Waals surface area contributed by atoms with Gasteiger partial charge >= 0.3 is 0 Å². The Hall–Kier alpha value is -4.10. The number of nitrogens with zero attached hydrogens (tertiary/aromatic N) is 2. The van der Waals surface area contributed by atoms with Gasteiger partial charge in [-0.15, -0.1) is 0 Å². The van der Waals surface area contributed by atoms with E-state index >= 15 is 0 Å². The van der Waals surface area contributed by atoms with Crippen LogP contribution in [0, 0.1) is 6.92 Å². The van der Waals surface area contributed by atoms with Gasteiger partial charge in [0, 0.05) is 18.3 Å². The van der Waals surface area contributed by atoms with E-state index in [0.29, 0.717) is 33.2 Å². The highest BCUT2D eigenvalue weighted by atomic mass is 35.5. The fraction of sp³-hybridized carbons (Fsp3) is 0.0800. The lowest BCUT2D eigenvalue weighted by Crippen LogP contribution is -2.23. The van der Waals surface area contributed by atoms with Crippen molar-refractivity contribution in [2.45, 2.75) is 6.92 Å². The highest BCUT2D eigenvalue weighted by Crippen LogP contribution is 2.19. The molecule has 7 nitrogen and oxygen atoms in total. The standard InChI is InChI=1S/C25H21ClN4O3/c1-16-22(25(33)30(29(16)2)19-11-4-3-5-12-19)28-23(31)17-9-8-10-18(15-17)27-24(32)20-13-6-7-14-21(20)26/h3-15H,1-2H3,(H,27,32)(H,28,31). The van der Waals surface area contributed by atoms with Crippen molar-refractivity contribution in [2.24, 2.45) is 7.05 Å². The Balaban J connectivity index is 1.57. The van der Waals surface area contributed by atoms with Crippen molar-refractivity contribution in [3.63, 3.8) is 0 Å². The highest BCUT2D eigenvalue weighted by Gasteiger charge is 2.19. The number of para-hydroxylation sites is 1. The predicted molar refractivity (Wildman–Crippen MR) is 130 cm³/mol. The number of hydrogen-bond donors (Lipinski definition) is 2. The van der Waals surface area contributed by atoms with Crippen LogP contribution in [0.4, 0.5) is 11.4 Å². The number of rotatable bonds is 5. The molecule has 2 amide bonds. The summed E-state index contributed by atoms with van der Waals surface area (Å²) >= 11 is 6.09. The van der Waals surface area contributed by atoms with Crippen molar-refractivity contribution < 1.29 is 9.59 Å². The van der Waals surface area contributed by atoms with Gasteiger partial charge in [-0.2, -0.15) is 0 Å². The molecule has 0 aliphatic carbocycles. The van der Waals surface area contributed by atoms with E-state index in [0.717, 1.165) is 0 Å². The molecule has 0 aliphatic rings. The fourth-order valence-electron chi connectivity index (χ4n) is 3.48. The Kier molecular flexibility index (Phi) is 6.15. The van der Waals surface area contributed by atoms with E-state index in [2.05, 4.69) is 10.6 Å². The van der Waals surface area contributed by atoms with E-state index in [1.165, 1.54) is 10.7 Å². The zero-order valence-corrected chi connectivity index (χ0v) is 18.8. The second-order valence-electron chi connectivity index (χ2n) is 7.41. The number of amides is 2. The Morgan fingerprint density at radius 3 is 2.27 bits per heavy atom. The minimum absolute atomic E-state index is 0.192. The zero-order valence-electron chi connectivity index (χ0n) is 18.0. The largest absolute Gasteiger partial charge is 0.322 e. The lowest BCUT2D eigenvalue weighted by atomic mass is 10.1. The monoisotopic (exact) mass is 460 g/mol. The number of benzene rings is 3. The number of anilines is 2. The fourth-order valence-corrected chi connectivity index (χ4v) is 3.70. The van der Waals surface area contributed by atoms with Crippen LogP contribution in [0.15, 0.2) is 83.7 Å². The average molecular weight is 461 g/mol. The van der Waals surface area contributed by atoms with Crippen molar-refractivity contribution >= 4 is 34.8 Å². The summed E-state index contributed by atoms with van der Waals surface area (Å²) in [5, 5.41) is 5.79. The van der Waals surface area contributed by atoms with E-state index in [4.69, 9.17) is 11.6 Å². The first-order valence-electron chi connectivity index (χ1n) is 10.2. The highest BCUT2D eigenvalue weighted by molar-refractivity contribution is 6.34. The van der Waals surface area contributed by atoms with E-state index in [9.17, 15) is 14.4 Å². The lowest BCUT2D eigenvalue weighted by Gasteiger charge is -2.09. The minimum Gasteiger partial charge on any atom is -0.322 e. The van der Waals surface area contributed by atoms with Crippen LogP contribution in [0.3, 0.4) is 0 Å². The summed E-state index contributed by atoms with van der Waals surface area (Å²) < 4.78 is 3.18. The average Bonchev–Trinajstić information content (AvgIpc) is 3.03. The van der Waals surface area contributed by atoms with Gasteiger partial charge in [0.2, 0.25) is 0 Å². The van der Waals surface area contributed by atoms with Crippen LogP contribution >= 0.6 is 11.6 Å². The number of halogens is 1. The van der Waals surface area contributed by atoms with Gasteiger partial charge < -0.3 is 10.6 Å². The van der Waals surface area contributed by atoms with Crippen LogP contribution in [0.5, 0.6) is 0 Å². The smallest absolute Gasteiger partial charge is 0.295 e. The molecule has 0 unspecified atom stereocenters. The molecule has 8 heteroatoms. The van der Waals surface area contributed by atoms with Crippen LogP contribution in [0.1, 0.15) is 26.4 Å². The molecular formula is C25H21ClN4O3. The van der Waals surface area contributed by atoms with Crippen LogP contribution in [-0.4, -0.2) is 21.2 Å². The summed E-state index contributed by atoms with van der Waals surface area (Å²) in [6.07, 6.45) is 0. The Morgan fingerprint density at radius 2 is 1.55 bits per heavy atom. The molecule has 0 radical (unpaired) electrons. The van der Waals surface area contributed by atoms with Gasteiger partial charge in [0.15, 0.2) is 0 Å². The molecule has 1 heterocycles. The molecule has 33 heavy (non-hydrogen) atoms. The van der Waals surface area contributed by atoms with Gasteiger partial charge in [-0.05, 0) is 49.4 Å². The molecule has 4 rings (SSSR count). The minimum atomic E-state index is -0.463. The Bertz CT molecular complexity index is 1410. The molecular weight excluding hydrogens is 440 g/mol. The summed E-state index contributed by atoms with van der Waals surface area (Å²) in [4.78, 5) is 38.5. The van der Waals surface area contributed by atoms with Crippen molar-refractivity contribution in [1.82, 2.24) is 9.36 Å². The first kappa shape index (κ1) is 22.1. The molecule has 2 N–H and O–H groups in total. The lowest BCUT2D eigenvalue weighted by molar-refractivity contribution is 0.101. The van der Waals surface area contributed by atoms with E-state index in [-0.39, 0.29) is 17.2 Å². The second-order valence-corrected chi connectivity index (χ2v) is 7.81. The van der Waals surface area contributed by atoms with Crippen molar-refractivity contribution in [3.8, 4) is 5.69 Å². The van der Waals surface area contributed by atoms with Gasteiger partial charge in [0.1, 0.15) is 5.69 Å². The Labute approximate surface area is 195 Å². The number of hydrogen-bond acceptors (Lipinski definition) is 3. The molecule has 0 saturated heterocycles. The predicted octanol–water partition coefficient (Wildman–Crippen LogP) is 4.64. The maximum atomic E-state index is 13.0. The van der Waals surface area contributed by atoms with E-state index < -0.39 is 5.91 Å². The zero-order chi connectivity index (χ0) is 23.5. The number of carbonyl (C=O) groups excluding carboxylic acids is 2. The van der Waals surface area contributed by atoms with Crippen LogP contribution < -0.4 is 16.2 Å². The van der Waals surface area contributed by atoms with Crippen LogP contribution in [0.25, 0.3) is 5.69 Å². The summed E-state index contributed by atoms with van der Waals surface area (Å²) in [5.41, 5.74) is 2.21. The normalized spacial score (nSPS) is 10.6.